The van der Waals surface area contributed by atoms with E-state index in [-0.39, 0.29) is 40.6 Å². The summed E-state index contributed by atoms with van der Waals surface area (Å²) in [5.74, 6) is -0.839. The summed E-state index contributed by atoms with van der Waals surface area (Å²) >= 11 is 18.6. The molecule has 0 bridgehead atoms. The number of hydrogen-bond acceptors (Lipinski definition) is 4. The number of hydrogen-bond donors (Lipinski definition) is 1. The zero-order chi connectivity index (χ0) is 30.3. The van der Waals surface area contributed by atoms with Crippen molar-refractivity contribution in [2.75, 3.05) is 17.1 Å². The molecule has 0 saturated heterocycles. The first-order valence-electron chi connectivity index (χ1n) is 13.8. The van der Waals surface area contributed by atoms with Gasteiger partial charge in [-0.05, 0) is 54.3 Å². The third kappa shape index (κ3) is 9.11. The monoisotopic (exact) mass is 649 g/mol. The molecule has 1 N–H and O–H groups in total. The van der Waals surface area contributed by atoms with E-state index < -0.39 is 28.5 Å². The molecular formula is C31H34Cl3N3O4S. The van der Waals surface area contributed by atoms with Gasteiger partial charge < -0.3 is 10.2 Å². The van der Waals surface area contributed by atoms with Crippen LogP contribution < -0.4 is 9.62 Å². The Kier molecular flexibility index (Phi) is 11.2. The summed E-state index contributed by atoms with van der Waals surface area (Å²) < 4.78 is 26.8. The first kappa shape index (κ1) is 32.1. The standard InChI is InChI=1S/C31H34Cl3N3O4S/c1-42(40,41)37(28-18-25(33)17-26(34)19-28)21-30(38)36(20-23-11-8-12-24(32)15-23)29(16-22-9-4-2-5-10-22)31(39)35-27-13-6-3-7-14-27/h2,4-5,8-12,15,17-19,27,29H,3,6-7,13-14,16,20-21H2,1H3,(H,35,39)/t29-/m0/s1. The van der Waals surface area contributed by atoms with Gasteiger partial charge in [0.05, 0.1) is 11.9 Å². The molecule has 0 radical (unpaired) electrons. The van der Waals surface area contributed by atoms with Gasteiger partial charge in [0.15, 0.2) is 0 Å². The molecule has 7 nitrogen and oxygen atoms in total. The van der Waals surface area contributed by atoms with Gasteiger partial charge in [-0.25, -0.2) is 8.42 Å². The Labute approximate surface area is 262 Å². The highest BCUT2D eigenvalue weighted by atomic mass is 35.5. The van der Waals surface area contributed by atoms with E-state index in [1.807, 2.05) is 36.4 Å². The number of amides is 2. The molecule has 4 rings (SSSR count). The van der Waals surface area contributed by atoms with Crippen LogP contribution in [0.1, 0.15) is 43.2 Å². The summed E-state index contributed by atoms with van der Waals surface area (Å²) in [5.41, 5.74) is 1.72. The average molecular weight is 651 g/mol. The molecule has 1 fully saturated rings. The number of rotatable bonds is 11. The van der Waals surface area contributed by atoms with Crippen molar-refractivity contribution in [3.05, 3.63) is 99.0 Å². The number of benzene rings is 3. The third-order valence-electron chi connectivity index (χ3n) is 7.28. The minimum atomic E-state index is -3.94. The molecule has 0 aliphatic heterocycles. The van der Waals surface area contributed by atoms with Gasteiger partial charge in [-0.15, -0.1) is 0 Å². The van der Waals surface area contributed by atoms with Gasteiger partial charge in [0, 0.05) is 34.1 Å². The Hall–Kier alpha value is -2.78. The molecule has 1 aliphatic carbocycles. The van der Waals surface area contributed by atoms with E-state index >= 15 is 0 Å². The van der Waals surface area contributed by atoms with E-state index in [0.717, 1.165) is 48.2 Å². The first-order chi connectivity index (χ1) is 20.0. The van der Waals surface area contributed by atoms with Crippen LogP contribution in [0.2, 0.25) is 15.1 Å². The third-order valence-corrected chi connectivity index (χ3v) is 9.09. The van der Waals surface area contributed by atoms with Gasteiger partial charge in [-0.2, -0.15) is 0 Å². The number of carbonyl (C=O) groups excluding carboxylic acids is 2. The van der Waals surface area contributed by atoms with E-state index in [1.165, 1.54) is 23.1 Å². The molecule has 3 aromatic carbocycles. The van der Waals surface area contributed by atoms with Crippen molar-refractivity contribution in [3.63, 3.8) is 0 Å². The first-order valence-corrected chi connectivity index (χ1v) is 16.8. The summed E-state index contributed by atoms with van der Waals surface area (Å²) in [6.07, 6.45) is 6.21. The summed E-state index contributed by atoms with van der Waals surface area (Å²) in [7, 11) is -3.94. The van der Waals surface area contributed by atoms with E-state index in [4.69, 9.17) is 34.8 Å². The van der Waals surface area contributed by atoms with E-state index in [1.54, 1.807) is 18.2 Å². The number of nitrogens with one attached hydrogen (secondary N) is 1. The predicted octanol–water partition coefficient (Wildman–Crippen LogP) is 6.50. The molecule has 3 aromatic rings. The Morgan fingerprint density at radius 3 is 2.12 bits per heavy atom. The summed E-state index contributed by atoms with van der Waals surface area (Å²) in [4.78, 5) is 29.6. The molecule has 2 amide bonds. The number of anilines is 1. The number of halogens is 3. The van der Waals surface area contributed by atoms with Crippen LogP contribution in [-0.2, 0) is 32.6 Å². The molecule has 1 aliphatic rings. The van der Waals surface area contributed by atoms with Crippen LogP contribution in [0.4, 0.5) is 5.69 Å². The van der Waals surface area contributed by atoms with Crippen molar-refractivity contribution in [3.8, 4) is 0 Å². The van der Waals surface area contributed by atoms with Gasteiger partial charge in [-0.1, -0.05) is 96.5 Å². The molecule has 0 unspecified atom stereocenters. The van der Waals surface area contributed by atoms with Gasteiger partial charge in [-0.3, -0.25) is 13.9 Å². The van der Waals surface area contributed by atoms with Crippen molar-refractivity contribution in [2.24, 2.45) is 0 Å². The Balaban J connectivity index is 1.73. The highest BCUT2D eigenvalue weighted by Gasteiger charge is 2.34. The van der Waals surface area contributed by atoms with Crippen molar-refractivity contribution in [1.29, 1.82) is 0 Å². The number of carbonyl (C=O) groups is 2. The van der Waals surface area contributed by atoms with Crippen molar-refractivity contribution in [1.82, 2.24) is 10.2 Å². The topological polar surface area (TPSA) is 86.8 Å². The zero-order valence-electron chi connectivity index (χ0n) is 23.3. The summed E-state index contributed by atoms with van der Waals surface area (Å²) in [6, 6.07) is 19.9. The lowest BCUT2D eigenvalue weighted by Gasteiger charge is -2.35. The normalized spacial score (nSPS) is 14.7. The maximum Gasteiger partial charge on any atom is 0.244 e. The second-order valence-electron chi connectivity index (χ2n) is 10.6. The van der Waals surface area contributed by atoms with Crippen LogP contribution in [-0.4, -0.2) is 50.0 Å². The number of nitrogens with zero attached hydrogens (tertiary/aromatic N) is 2. The van der Waals surface area contributed by atoms with Gasteiger partial charge in [0.1, 0.15) is 12.6 Å². The second kappa shape index (κ2) is 14.6. The van der Waals surface area contributed by atoms with Crippen molar-refractivity contribution in [2.45, 2.75) is 57.2 Å². The zero-order valence-corrected chi connectivity index (χ0v) is 26.4. The second-order valence-corrected chi connectivity index (χ2v) is 13.8. The van der Waals surface area contributed by atoms with Crippen LogP contribution in [0, 0.1) is 0 Å². The average Bonchev–Trinajstić information content (AvgIpc) is 2.93. The Bertz CT molecular complexity index is 1480. The molecule has 0 aromatic heterocycles. The summed E-state index contributed by atoms with van der Waals surface area (Å²) in [6.45, 7) is -0.513. The highest BCUT2D eigenvalue weighted by Crippen LogP contribution is 2.28. The molecule has 1 saturated carbocycles. The van der Waals surface area contributed by atoms with Gasteiger partial charge >= 0.3 is 0 Å². The quantitative estimate of drug-likeness (QED) is 0.257. The van der Waals surface area contributed by atoms with Crippen LogP contribution in [0.15, 0.2) is 72.8 Å². The van der Waals surface area contributed by atoms with Crippen LogP contribution in [0.3, 0.4) is 0 Å². The van der Waals surface area contributed by atoms with E-state index in [0.29, 0.717) is 10.6 Å². The Morgan fingerprint density at radius 1 is 0.857 bits per heavy atom. The molecule has 0 heterocycles. The van der Waals surface area contributed by atoms with Gasteiger partial charge in [0.25, 0.3) is 0 Å². The van der Waals surface area contributed by atoms with E-state index in [9.17, 15) is 18.0 Å². The Morgan fingerprint density at radius 2 is 1.50 bits per heavy atom. The van der Waals surface area contributed by atoms with Gasteiger partial charge in [0.2, 0.25) is 21.8 Å². The minimum absolute atomic E-state index is 0.0220. The molecule has 42 heavy (non-hydrogen) atoms. The maximum absolute atomic E-state index is 14.2. The highest BCUT2D eigenvalue weighted by molar-refractivity contribution is 7.92. The fourth-order valence-corrected chi connectivity index (χ4v) is 6.79. The van der Waals surface area contributed by atoms with Crippen molar-refractivity contribution >= 4 is 62.3 Å². The fraction of sp³-hybridized carbons (Fsp3) is 0.355. The molecule has 224 valence electrons. The lowest BCUT2D eigenvalue weighted by molar-refractivity contribution is -0.140. The lowest BCUT2D eigenvalue weighted by Crippen LogP contribution is -2.55. The number of sulfonamides is 1. The van der Waals surface area contributed by atoms with Crippen LogP contribution in [0.25, 0.3) is 0 Å². The molecule has 1 atom stereocenters. The van der Waals surface area contributed by atoms with Crippen molar-refractivity contribution < 1.29 is 18.0 Å². The SMILES string of the molecule is CS(=O)(=O)N(CC(=O)N(Cc1cccc(Cl)c1)[C@@H](Cc1ccccc1)C(=O)NC1CCCCC1)c1cc(Cl)cc(Cl)c1. The maximum atomic E-state index is 14.2. The van der Waals surface area contributed by atoms with E-state index in [2.05, 4.69) is 5.32 Å². The predicted molar refractivity (Wildman–Crippen MR) is 170 cm³/mol. The molecule has 11 heteroatoms. The molecular weight excluding hydrogens is 617 g/mol. The smallest absolute Gasteiger partial charge is 0.244 e. The van der Waals surface area contributed by atoms with Crippen LogP contribution in [0.5, 0.6) is 0 Å². The largest absolute Gasteiger partial charge is 0.352 e. The lowest BCUT2D eigenvalue weighted by atomic mass is 9.94. The minimum Gasteiger partial charge on any atom is -0.352 e. The van der Waals surface area contributed by atoms with Crippen LogP contribution >= 0.6 is 34.8 Å². The summed E-state index contributed by atoms with van der Waals surface area (Å²) in [5, 5.41) is 4.11. The molecule has 0 spiro atoms. The fourth-order valence-electron chi connectivity index (χ4n) is 5.23.